The molecule has 1 saturated heterocycles. The maximum Gasteiger partial charge on any atom is 0.251 e. The second-order valence-corrected chi connectivity index (χ2v) is 9.13. The summed E-state index contributed by atoms with van der Waals surface area (Å²) in [6.45, 7) is 3.63. The number of piperidine rings is 1. The molecule has 4 rings (SSSR count). The standard InChI is InChI=1S/C25H25BCl2N2O/c26-22-5-4-19-15-21(3-2-20(19)16-22)25(31)29-9-12-30-10-7-17(8-11-30)13-18-1-6-23(27)24(28)14-18/h1-6,14-17H,7-13H2,(H,29,31). The lowest BCUT2D eigenvalue weighted by atomic mass is 9.90. The van der Waals surface area contributed by atoms with E-state index in [1.54, 1.807) is 0 Å². The minimum atomic E-state index is -0.0340. The lowest BCUT2D eigenvalue weighted by Gasteiger charge is -2.32. The number of amides is 1. The Morgan fingerprint density at radius 3 is 2.48 bits per heavy atom. The van der Waals surface area contributed by atoms with E-state index in [4.69, 9.17) is 31.0 Å². The number of fused-ring (bicyclic) bond motifs is 1. The summed E-state index contributed by atoms with van der Waals surface area (Å²) in [6, 6.07) is 17.4. The molecule has 3 aromatic rings. The van der Waals surface area contributed by atoms with Crippen molar-refractivity contribution in [1.29, 1.82) is 0 Å². The summed E-state index contributed by atoms with van der Waals surface area (Å²) in [7, 11) is 5.82. The average Bonchev–Trinajstić information content (AvgIpc) is 2.77. The Labute approximate surface area is 195 Å². The van der Waals surface area contributed by atoms with Gasteiger partial charge in [-0.25, -0.2) is 0 Å². The highest BCUT2D eigenvalue weighted by atomic mass is 35.5. The van der Waals surface area contributed by atoms with Crippen LogP contribution in [0.4, 0.5) is 0 Å². The number of halogens is 2. The van der Waals surface area contributed by atoms with Gasteiger partial charge in [-0.05, 0) is 78.9 Å². The number of rotatable bonds is 6. The first-order valence-corrected chi connectivity index (χ1v) is 11.5. The molecular formula is C25H25BCl2N2O. The van der Waals surface area contributed by atoms with Crippen molar-refractivity contribution in [3.63, 3.8) is 0 Å². The predicted octanol–water partition coefficient (Wildman–Crippen LogP) is 4.62. The van der Waals surface area contributed by atoms with Crippen LogP contribution in [0.3, 0.4) is 0 Å². The van der Waals surface area contributed by atoms with Gasteiger partial charge in [-0.1, -0.05) is 59.0 Å². The lowest BCUT2D eigenvalue weighted by Crippen LogP contribution is -2.39. The molecule has 1 heterocycles. The third-order valence-electron chi connectivity index (χ3n) is 6.06. The molecule has 0 bridgehead atoms. The van der Waals surface area contributed by atoms with Gasteiger partial charge in [0, 0.05) is 18.7 Å². The number of carbonyl (C=O) groups excluding carboxylic acids is 1. The first-order chi connectivity index (χ1) is 15.0. The van der Waals surface area contributed by atoms with Gasteiger partial charge in [0.05, 0.1) is 10.0 Å². The van der Waals surface area contributed by atoms with Crippen molar-refractivity contribution >= 4 is 53.2 Å². The largest absolute Gasteiger partial charge is 0.351 e. The Morgan fingerprint density at radius 1 is 0.968 bits per heavy atom. The number of hydrogen-bond acceptors (Lipinski definition) is 2. The van der Waals surface area contributed by atoms with Crippen molar-refractivity contribution in [2.75, 3.05) is 26.2 Å². The molecule has 0 unspecified atom stereocenters. The first kappa shape index (κ1) is 22.2. The molecule has 2 radical (unpaired) electrons. The van der Waals surface area contributed by atoms with E-state index in [0.29, 0.717) is 28.1 Å². The quantitative estimate of drug-likeness (QED) is 0.555. The highest BCUT2D eigenvalue weighted by Crippen LogP contribution is 2.26. The van der Waals surface area contributed by atoms with Gasteiger partial charge < -0.3 is 10.2 Å². The van der Waals surface area contributed by atoms with Crippen LogP contribution in [0.1, 0.15) is 28.8 Å². The summed E-state index contributed by atoms with van der Waals surface area (Å²) in [5.41, 5.74) is 2.65. The fourth-order valence-electron chi connectivity index (χ4n) is 4.25. The SMILES string of the molecule is [B]c1ccc2cc(C(=O)NCCN3CCC(Cc4ccc(Cl)c(Cl)c4)CC3)ccc2c1. The van der Waals surface area contributed by atoms with Crippen LogP contribution in [0, 0.1) is 5.92 Å². The molecule has 6 heteroatoms. The molecule has 1 fully saturated rings. The van der Waals surface area contributed by atoms with E-state index in [-0.39, 0.29) is 5.91 Å². The van der Waals surface area contributed by atoms with E-state index in [2.05, 4.69) is 16.3 Å². The van der Waals surface area contributed by atoms with Gasteiger partial charge in [0.15, 0.2) is 0 Å². The summed E-state index contributed by atoms with van der Waals surface area (Å²) < 4.78 is 0. The Morgan fingerprint density at radius 2 is 1.71 bits per heavy atom. The van der Waals surface area contributed by atoms with Crippen LogP contribution in [0.5, 0.6) is 0 Å². The van der Waals surface area contributed by atoms with Gasteiger partial charge in [0.25, 0.3) is 5.91 Å². The van der Waals surface area contributed by atoms with Crippen LogP contribution in [0.15, 0.2) is 54.6 Å². The second-order valence-electron chi connectivity index (χ2n) is 8.31. The van der Waals surface area contributed by atoms with E-state index in [1.807, 2.05) is 48.5 Å². The van der Waals surface area contributed by atoms with Gasteiger partial charge in [-0.2, -0.15) is 0 Å². The zero-order valence-corrected chi connectivity index (χ0v) is 18.9. The van der Waals surface area contributed by atoms with Crippen molar-refractivity contribution in [3.8, 4) is 0 Å². The Kier molecular flexibility index (Phi) is 7.22. The summed E-state index contributed by atoms with van der Waals surface area (Å²) >= 11 is 12.1. The molecule has 31 heavy (non-hydrogen) atoms. The summed E-state index contributed by atoms with van der Waals surface area (Å²) in [5, 5.41) is 6.35. The zero-order chi connectivity index (χ0) is 21.8. The molecule has 1 N–H and O–H groups in total. The summed E-state index contributed by atoms with van der Waals surface area (Å²) in [4.78, 5) is 15.0. The third kappa shape index (κ3) is 5.82. The van der Waals surface area contributed by atoms with Crippen molar-refractivity contribution in [2.24, 2.45) is 5.92 Å². The molecule has 1 aliphatic heterocycles. The van der Waals surface area contributed by atoms with E-state index in [1.165, 1.54) is 5.56 Å². The molecule has 1 amide bonds. The summed E-state index contributed by atoms with van der Waals surface area (Å²) in [5.74, 6) is 0.628. The van der Waals surface area contributed by atoms with E-state index in [0.717, 1.165) is 55.1 Å². The molecule has 158 valence electrons. The smallest absolute Gasteiger partial charge is 0.251 e. The van der Waals surface area contributed by atoms with Crippen LogP contribution in [-0.4, -0.2) is 44.8 Å². The molecule has 0 spiro atoms. The van der Waals surface area contributed by atoms with Crippen LogP contribution >= 0.6 is 23.2 Å². The highest BCUT2D eigenvalue weighted by Gasteiger charge is 2.19. The maximum atomic E-state index is 12.5. The van der Waals surface area contributed by atoms with Gasteiger partial charge in [-0.15, -0.1) is 0 Å². The van der Waals surface area contributed by atoms with Gasteiger partial charge in [-0.3, -0.25) is 4.79 Å². The van der Waals surface area contributed by atoms with Crippen LogP contribution in [0.2, 0.25) is 10.0 Å². The van der Waals surface area contributed by atoms with Gasteiger partial charge in [0.1, 0.15) is 7.85 Å². The normalized spacial score (nSPS) is 15.3. The second kappa shape index (κ2) is 10.1. The van der Waals surface area contributed by atoms with Crippen molar-refractivity contribution in [2.45, 2.75) is 19.3 Å². The van der Waals surface area contributed by atoms with E-state index >= 15 is 0 Å². The van der Waals surface area contributed by atoms with Gasteiger partial charge in [0.2, 0.25) is 0 Å². The third-order valence-corrected chi connectivity index (χ3v) is 6.79. The van der Waals surface area contributed by atoms with Crippen LogP contribution < -0.4 is 10.8 Å². The fourth-order valence-corrected chi connectivity index (χ4v) is 4.57. The molecular weight excluding hydrogens is 426 g/mol. The molecule has 3 aromatic carbocycles. The molecule has 0 aromatic heterocycles. The van der Waals surface area contributed by atoms with E-state index in [9.17, 15) is 4.79 Å². The van der Waals surface area contributed by atoms with Gasteiger partial charge >= 0.3 is 0 Å². The zero-order valence-electron chi connectivity index (χ0n) is 17.4. The number of nitrogens with one attached hydrogen (secondary N) is 1. The predicted molar refractivity (Wildman–Crippen MR) is 131 cm³/mol. The van der Waals surface area contributed by atoms with Crippen molar-refractivity contribution in [1.82, 2.24) is 10.2 Å². The number of carbonyl (C=O) groups is 1. The van der Waals surface area contributed by atoms with Crippen molar-refractivity contribution < 1.29 is 4.79 Å². The molecule has 0 aliphatic carbocycles. The first-order valence-electron chi connectivity index (χ1n) is 10.7. The van der Waals surface area contributed by atoms with Crippen LogP contribution in [-0.2, 0) is 6.42 Å². The molecule has 3 nitrogen and oxygen atoms in total. The number of likely N-dealkylation sites (tertiary alicyclic amines) is 1. The Hall–Kier alpha value is -2.01. The summed E-state index contributed by atoms with van der Waals surface area (Å²) in [6.07, 6.45) is 3.35. The minimum Gasteiger partial charge on any atom is -0.351 e. The number of benzene rings is 3. The number of hydrogen-bond donors (Lipinski definition) is 1. The average molecular weight is 451 g/mol. The highest BCUT2D eigenvalue weighted by molar-refractivity contribution is 6.42. The Bertz CT molecular complexity index is 1080. The Balaban J connectivity index is 1.21. The fraction of sp³-hybridized carbons (Fsp3) is 0.320. The van der Waals surface area contributed by atoms with Crippen LogP contribution in [0.25, 0.3) is 10.8 Å². The van der Waals surface area contributed by atoms with Crippen molar-refractivity contribution in [3.05, 3.63) is 75.8 Å². The lowest BCUT2D eigenvalue weighted by molar-refractivity contribution is 0.0944. The molecule has 0 atom stereocenters. The topological polar surface area (TPSA) is 32.3 Å². The van der Waals surface area contributed by atoms with E-state index < -0.39 is 0 Å². The maximum absolute atomic E-state index is 12.5. The molecule has 0 saturated carbocycles. The monoisotopic (exact) mass is 450 g/mol. The minimum absolute atomic E-state index is 0.0340. The molecule has 1 aliphatic rings. The number of nitrogens with zero attached hydrogens (tertiary/aromatic N) is 1.